The zero-order valence-corrected chi connectivity index (χ0v) is 34.0. The maximum Gasteiger partial charge on any atom is 0.296 e. The van der Waals surface area contributed by atoms with Gasteiger partial charge in [-0.2, -0.15) is 39.1 Å². The quantitative estimate of drug-likeness (QED) is 0.0618. The van der Waals surface area contributed by atoms with Gasteiger partial charge in [0.15, 0.2) is 5.75 Å². The van der Waals surface area contributed by atoms with Crippen molar-refractivity contribution in [1.82, 2.24) is 0 Å². The average Bonchev–Trinajstić information content (AvgIpc) is 3.24. The van der Waals surface area contributed by atoms with Crippen molar-refractivity contribution in [2.45, 2.75) is 32.6 Å². The maximum atomic E-state index is 11.9. The molecule has 0 aliphatic carbocycles. The summed E-state index contributed by atoms with van der Waals surface area (Å²) in [5.74, 6) is 0.0456. The molecule has 0 aromatic heterocycles. The van der Waals surface area contributed by atoms with E-state index in [1.165, 1.54) is 35.2 Å². The van der Waals surface area contributed by atoms with Crippen molar-refractivity contribution in [3.8, 4) is 11.5 Å². The largest absolute Gasteiger partial charge is 0.508 e. The van der Waals surface area contributed by atoms with Gasteiger partial charge in [0, 0.05) is 16.8 Å². The Morgan fingerprint density at radius 1 is 0.492 bits per heavy atom. The van der Waals surface area contributed by atoms with Crippen molar-refractivity contribution in [1.29, 1.82) is 0 Å². The van der Waals surface area contributed by atoms with Crippen LogP contribution in [0.2, 0.25) is 0 Å². The Morgan fingerprint density at radius 3 is 1.57 bits per heavy atom. The molecule has 0 saturated carbocycles. The molecule has 16 heteroatoms. The normalized spacial score (nSPS) is 12.1. The minimum absolute atomic E-state index is 0.0190. The van der Waals surface area contributed by atoms with Gasteiger partial charge in [0.05, 0.1) is 34.1 Å². The molecule has 0 saturated heterocycles. The van der Waals surface area contributed by atoms with Gasteiger partial charge in [-0.25, -0.2) is 0 Å². The number of carbonyl (C=O) groups is 1. The van der Waals surface area contributed by atoms with E-state index in [0.717, 1.165) is 22.3 Å². The van der Waals surface area contributed by atoms with Crippen LogP contribution in [0.3, 0.4) is 0 Å². The number of aryl methyl sites for hydroxylation is 4. The van der Waals surface area contributed by atoms with E-state index < -0.39 is 10.1 Å². The Labute approximate surface area is 350 Å². The van der Waals surface area contributed by atoms with Crippen molar-refractivity contribution >= 4 is 84.2 Å². The van der Waals surface area contributed by atoms with Crippen molar-refractivity contribution in [2.24, 2.45) is 40.9 Å². The van der Waals surface area contributed by atoms with Crippen LogP contribution in [-0.4, -0.2) is 29.6 Å². The van der Waals surface area contributed by atoms with E-state index in [1.807, 2.05) is 45.9 Å². The number of phenols is 2. The molecule has 7 rings (SSSR count). The summed E-state index contributed by atoms with van der Waals surface area (Å²) < 4.78 is 32.8. The van der Waals surface area contributed by atoms with Crippen molar-refractivity contribution < 1.29 is 28.0 Å². The number of carbonyl (C=O) groups excluding carboxylic acids is 1. The van der Waals surface area contributed by atoms with E-state index in [2.05, 4.69) is 40.9 Å². The van der Waals surface area contributed by atoms with Crippen LogP contribution in [0, 0.1) is 27.7 Å². The molecule has 0 aliphatic rings. The average molecular weight is 832 g/mol. The van der Waals surface area contributed by atoms with Crippen molar-refractivity contribution in [2.75, 3.05) is 4.90 Å². The number of amides is 1. The molecular formula is C45H37N9O6S. The Bertz CT molecular complexity index is 3060. The lowest BCUT2D eigenvalue weighted by Gasteiger charge is -2.18. The SMILES string of the molecule is Cc1cc(N=Nc2cc(C)c(N=Nc3ccc4cc(N(C=O)c5ccc(O)cc5)ccc4c3O)cc2C)ccc1N=Nc1ccc(N=Nc2ccccc2S(=O)(=O)O)c(C)c1. The third kappa shape index (κ3) is 9.57. The third-order valence-electron chi connectivity index (χ3n) is 9.56. The molecule has 0 aliphatic heterocycles. The highest BCUT2D eigenvalue weighted by molar-refractivity contribution is 7.86. The zero-order valence-electron chi connectivity index (χ0n) is 33.2. The molecule has 61 heavy (non-hydrogen) atoms. The summed E-state index contributed by atoms with van der Waals surface area (Å²) in [5.41, 5.74) is 8.24. The number of benzene rings is 7. The highest BCUT2D eigenvalue weighted by Gasteiger charge is 2.15. The lowest BCUT2D eigenvalue weighted by Crippen LogP contribution is -2.13. The van der Waals surface area contributed by atoms with Gasteiger partial charge in [-0.05, 0) is 165 Å². The van der Waals surface area contributed by atoms with Crippen molar-refractivity contribution in [3.63, 3.8) is 0 Å². The Balaban J connectivity index is 1.01. The van der Waals surface area contributed by atoms with E-state index >= 15 is 0 Å². The monoisotopic (exact) mass is 831 g/mol. The first-order chi connectivity index (χ1) is 29.3. The molecule has 0 bridgehead atoms. The summed E-state index contributed by atoms with van der Waals surface area (Å²) in [6.45, 7) is 7.49. The lowest BCUT2D eigenvalue weighted by molar-refractivity contribution is -0.106. The van der Waals surface area contributed by atoms with Crippen LogP contribution in [0.5, 0.6) is 11.5 Å². The van der Waals surface area contributed by atoms with Gasteiger partial charge in [0.2, 0.25) is 6.41 Å². The Kier molecular flexibility index (Phi) is 11.9. The number of aromatic hydroxyl groups is 2. The number of azo groups is 4. The highest BCUT2D eigenvalue weighted by Crippen LogP contribution is 2.39. The van der Waals surface area contributed by atoms with Gasteiger partial charge < -0.3 is 10.2 Å². The molecular weight excluding hydrogens is 795 g/mol. The number of rotatable bonds is 12. The summed E-state index contributed by atoms with van der Waals surface area (Å²) in [5, 5.41) is 56.6. The standard InChI is InChI=1S/C45H37N9O6S/c1-27-21-33(10-19-38(27)48-46-32-11-20-39(28(2)22-32)49-50-40-7-5-6-8-44(40)61(58,59)60)47-52-42-23-30(4)43(24-29(42)3)53-51-41-18-9-31-25-35(14-17-37(31)45(41)57)54(26-55)34-12-15-36(56)16-13-34/h5-26,56-57H,1-4H3,(H,58,59,60). The molecule has 304 valence electrons. The number of anilines is 2. The van der Waals surface area contributed by atoms with Gasteiger partial charge in [0.1, 0.15) is 22.0 Å². The second kappa shape index (κ2) is 17.6. The molecule has 1 amide bonds. The van der Waals surface area contributed by atoms with Crippen molar-refractivity contribution in [3.05, 3.63) is 150 Å². The summed E-state index contributed by atoms with van der Waals surface area (Å²) in [4.78, 5) is 13.1. The summed E-state index contributed by atoms with van der Waals surface area (Å²) >= 11 is 0. The van der Waals surface area contributed by atoms with Crippen LogP contribution in [0.4, 0.5) is 56.9 Å². The second-order valence-electron chi connectivity index (χ2n) is 13.9. The van der Waals surface area contributed by atoms with Crippen LogP contribution < -0.4 is 4.90 Å². The molecule has 7 aromatic rings. The fraction of sp³-hybridized carbons (Fsp3) is 0.0889. The predicted octanol–water partition coefficient (Wildman–Crippen LogP) is 13.7. The molecule has 0 fully saturated rings. The van der Waals surface area contributed by atoms with Gasteiger partial charge in [-0.1, -0.05) is 18.2 Å². The first kappa shape index (κ1) is 41.3. The van der Waals surface area contributed by atoms with Crippen LogP contribution in [0.1, 0.15) is 22.3 Å². The number of hydrogen-bond acceptors (Lipinski definition) is 13. The van der Waals surface area contributed by atoms with E-state index in [1.54, 1.807) is 78.9 Å². The fourth-order valence-corrected chi connectivity index (χ4v) is 6.85. The van der Waals surface area contributed by atoms with E-state index in [9.17, 15) is 28.0 Å². The second-order valence-corrected chi connectivity index (χ2v) is 15.3. The molecule has 0 heterocycles. The topological polar surface area (TPSA) is 214 Å². The molecule has 0 spiro atoms. The van der Waals surface area contributed by atoms with Crippen LogP contribution in [0.25, 0.3) is 10.8 Å². The van der Waals surface area contributed by atoms with E-state index in [0.29, 0.717) is 62.7 Å². The minimum atomic E-state index is -4.45. The summed E-state index contributed by atoms with van der Waals surface area (Å²) in [6.07, 6.45) is 0.688. The number of phenolic OH excluding ortho intramolecular Hbond substituents is 2. The van der Waals surface area contributed by atoms with Gasteiger partial charge in [-0.15, -0.1) is 10.2 Å². The molecule has 3 N–H and O–H groups in total. The molecule has 0 unspecified atom stereocenters. The maximum absolute atomic E-state index is 11.9. The van der Waals surface area contributed by atoms with Crippen LogP contribution >= 0.6 is 0 Å². The molecule has 0 atom stereocenters. The van der Waals surface area contributed by atoms with E-state index in [-0.39, 0.29) is 27.8 Å². The molecule has 15 nitrogen and oxygen atoms in total. The number of hydrogen-bond donors (Lipinski definition) is 3. The first-order valence-electron chi connectivity index (χ1n) is 18.6. The lowest BCUT2D eigenvalue weighted by atomic mass is 10.1. The highest BCUT2D eigenvalue weighted by atomic mass is 32.2. The van der Waals surface area contributed by atoms with Gasteiger partial charge >= 0.3 is 0 Å². The van der Waals surface area contributed by atoms with Crippen LogP contribution in [-0.2, 0) is 14.9 Å². The third-order valence-corrected chi connectivity index (χ3v) is 10.5. The Hall–Kier alpha value is -7.82. The number of fused-ring (bicyclic) bond motifs is 1. The smallest absolute Gasteiger partial charge is 0.296 e. The summed E-state index contributed by atoms with van der Waals surface area (Å²) in [6, 6.07) is 35.1. The molecule has 0 radical (unpaired) electrons. The minimum Gasteiger partial charge on any atom is -0.508 e. The van der Waals surface area contributed by atoms with E-state index in [4.69, 9.17) is 0 Å². The zero-order chi connectivity index (χ0) is 43.3. The first-order valence-corrected chi connectivity index (χ1v) is 20.1. The predicted molar refractivity (Wildman–Crippen MR) is 233 cm³/mol. The van der Waals surface area contributed by atoms with Crippen LogP contribution in [0.15, 0.2) is 173 Å². The fourth-order valence-electron chi connectivity index (χ4n) is 6.23. The molecule has 7 aromatic carbocycles. The van der Waals surface area contributed by atoms with Gasteiger partial charge in [-0.3, -0.25) is 14.2 Å². The number of nitrogens with zero attached hydrogens (tertiary/aromatic N) is 9. The Morgan fingerprint density at radius 2 is 0.984 bits per heavy atom. The summed E-state index contributed by atoms with van der Waals surface area (Å²) in [7, 11) is -4.45. The van der Waals surface area contributed by atoms with Gasteiger partial charge in [0.25, 0.3) is 10.1 Å².